The van der Waals surface area contributed by atoms with E-state index in [4.69, 9.17) is 4.98 Å². The molecular formula is C23H20N4O3. The highest BCUT2D eigenvalue weighted by Crippen LogP contribution is 2.25. The first-order valence-corrected chi connectivity index (χ1v) is 9.48. The summed E-state index contributed by atoms with van der Waals surface area (Å²) < 4.78 is 1.52. The Bertz CT molecular complexity index is 1300. The Kier molecular flexibility index (Phi) is 5.02. The van der Waals surface area contributed by atoms with E-state index in [9.17, 15) is 14.7 Å². The van der Waals surface area contributed by atoms with Crippen LogP contribution in [0.3, 0.4) is 0 Å². The average Bonchev–Trinajstić information content (AvgIpc) is 2.74. The lowest BCUT2D eigenvalue weighted by molar-refractivity contribution is 0.0697. The van der Waals surface area contributed by atoms with Gasteiger partial charge in [0, 0.05) is 29.6 Å². The van der Waals surface area contributed by atoms with Crippen LogP contribution in [0.5, 0.6) is 0 Å². The maximum Gasteiger partial charge on any atom is 0.339 e. The number of pyridine rings is 2. The predicted molar refractivity (Wildman–Crippen MR) is 115 cm³/mol. The van der Waals surface area contributed by atoms with Crippen LogP contribution >= 0.6 is 0 Å². The zero-order chi connectivity index (χ0) is 21.3. The topological polar surface area (TPSA) is 96.6 Å². The van der Waals surface area contributed by atoms with Gasteiger partial charge in [0.15, 0.2) is 0 Å². The van der Waals surface area contributed by atoms with E-state index in [-0.39, 0.29) is 23.0 Å². The summed E-state index contributed by atoms with van der Waals surface area (Å²) in [6.07, 6.45) is 3.28. The molecule has 30 heavy (non-hydrogen) atoms. The number of hydrogen-bond acceptors (Lipinski definition) is 5. The second-order valence-corrected chi connectivity index (χ2v) is 7.08. The Morgan fingerprint density at radius 3 is 2.63 bits per heavy atom. The molecule has 0 aliphatic heterocycles. The summed E-state index contributed by atoms with van der Waals surface area (Å²) >= 11 is 0. The number of anilines is 1. The van der Waals surface area contributed by atoms with Crippen LogP contribution in [0.4, 0.5) is 5.82 Å². The van der Waals surface area contributed by atoms with Crippen molar-refractivity contribution in [2.24, 2.45) is 0 Å². The summed E-state index contributed by atoms with van der Waals surface area (Å²) in [7, 11) is 0. The number of fused-ring (bicyclic) bond motifs is 1. The molecular weight excluding hydrogens is 380 g/mol. The van der Waals surface area contributed by atoms with Crippen LogP contribution in [0.1, 0.15) is 34.5 Å². The Hall–Kier alpha value is -4.00. The summed E-state index contributed by atoms with van der Waals surface area (Å²) in [6.45, 7) is 3.78. The summed E-state index contributed by atoms with van der Waals surface area (Å²) in [4.78, 5) is 33.3. The Morgan fingerprint density at radius 2 is 1.90 bits per heavy atom. The van der Waals surface area contributed by atoms with E-state index < -0.39 is 5.97 Å². The van der Waals surface area contributed by atoms with E-state index >= 15 is 0 Å². The number of nitrogens with zero attached hydrogens (tertiary/aromatic N) is 3. The van der Waals surface area contributed by atoms with E-state index in [2.05, 4.69) is 10.3 Å². The number of hydrogen-bond donors (Lipinski definition) is 2. The third-order valence-electron chi connectivity index (χ3n) is 4.85. The van der Waals surface area contributed by atoms with Crippen molar-refractivity contribution in [2.75, 3.05) is 5.32 Å². The smallest absolute Gasteiger partial charge is 0.339 e. The highest BCUT2D eigenvalue weighted by Gasteiger charge is 2.18. The molecule has 0 amide bonds. The van der Waals surface area contributed by atoms with E-state index in [0.717, 1.165) is 16.7 Å². The lowest BCUT2D eigenvalue weighted by Gasteiger charge is -2.19. The fourth-order valence-electron chi connectivity index (χ4n) is 3.42. The number of rotatable bonds is 5. The molecule has 3 aromatic heterocycles. The van der Waals surface area contributed by atoms with Crippen LogP contribution < -0.4 is 10.9 Å². The molecule has 0 saturated carbocycles. The average molecular weight is 400 g/mol. The number of carbonyl (C=O) groups is 1. The second-order valence-electron chi connectivity index (χ2n) is 7.08. The monoisotopic (exact) mass is 400 g/mol. The predicted octanol–water partition coefficient (Wildman–Crippen LogP) is 3.94. The number of benzene rings is 1. The molecule has 0 fully saturated rings. The Balaban J connectivity index is 1.85. The number of aromatic nitrogens is 3. The molecule has 0 aliphatic carbocycles. The van der Waals surface area contributed by atoms with Crippen LogP contribution in [0.2, 0.25) is 0 Å². The van der Waals surface area contributed by atoms with E-state index in [1.165, 1.54) is 22.7 Å². The first-order chi connectivity index (χ1) is 14.4. The fraction of sp³-hybridized carbons (Fsp3) is 0.130. The first-order valence-electron chi connectivity index (χ1n) is 9.48. The Labute approximate surface area is 172 Å². The fourth-order valence-corrected chi connectivity index (χ4v) is 3.42. The van der Waals surface area contributed by atoms with E-state index in [1.807, 2.05) is 50.2 Å². The first kappa shape index (κ1) is 19.3. The van der Waals surface area contributed by atoms with Crippen LogP contribution in [-0.2, 0) is 0 Å². The van der Waals surface area contributed by atoms with Gasteiger partial charge in [-0.3, -0.25) is 9.20 Å². The van der Waals surface area contributed by atoms with Crippen molar-refractivity contribution in [2.45, 2.75) is 19.9 Å². The summed E-state index contributed by atoms with van der Waals surface area (Å²) in [5, 5.41) is 12.6. The van der Waals surface area contributed by atoms with Gasteiger partial charge in [0.25, 0.3) is 5.56 Å². The van der Waals surface area contributed by atoms with Crippen molar-refractivity contribution in [1.29, 1.82) is 0 Å². The third kappa shape index (κ3) is 3.65. The summed E-state index contributed by atoms with van der Waals surface area (Å²) in [6, 6.07) is 15.7. The minimum absolute atomic E-state index is 0.0800. The summed E-state index contributed by atoms with van der Waals surface area (Å²) in [5.74, 6) is -0.800. The van der Waals surface area contributed by atoms with Gasteiger partial charge < -0.3 is 10.4 Å². The van der Waals surface area contributed by atoms with Gasteiger partial charge in [0.2, 0.25) is 0 Å². The molecule has 7 heteroatoms. The second kappa shape index (κ2) is 7.79. The molecule has 7 nitrogen and oxygen atoms in total. The third-order valence-corrected chi connectivity index (χ3v) is 4.85. The zero-order valence-corrected chi connectivity index (χ0v) is 16.5. The molecule has 4 aromatic rings. The number of nitrogens with one attached hydrogen (secondary N) is 1. The maximum atomic E-state index is 12.8. The Morgan fingerprint density at radius 1 is 1.13 bits per heavy atom. The van der Waals surface area contributed by atoms with Crippen LogP contribution in [0.15, 0.2) is 71.8 Å². The van der Waals surface area contributed by atoms with E-state index in [1.54, 1.807) is 12.3 Å². The quantitative estimate of drug-likeness (QED) is 0.527. The highest BCUT2D eigenvalue weighted by molar-refractivity contribution is 5.93. The molecule has 3 heterocycles. The normalized spacial score (nSPS) is 11.9. The van der Waals surface area contributed by atoms with Gasteiger partial charge in [-0.15, -0.1) is 0 Å². The van der Waals surface area contributed by atoms with Crippen LogP contribution in [0.25, 0.3) is 16.9 Å². The van der Waals surface area contributed by atoms with Crippen LogP contribution in [-0.4, -0.2) is 25.4 Å². The molecule has 1 atom stereocenters. The van der Waals surface area contributed by atoms with Gasteiger partial charge in [-0.05, 0) is 37.6 Å². The van der Waals surface area contributed by atoms with Crippen molar-refractivity contribution < 1.29 is 9.90 Å². The minimum Gasteiger partial charge on any atom is -0.478 e. The number of carboxylic acid groups (broad SMARTS) is 1. The molecule has 4 rings (SSSR count). The molecule has 0 aliphatic rings. The maximum absolute atomic E-state index is 12.8. The number of aryl methyl sites for hydroxylation is 1. The van der Waals surface area contributed by atoms with Crippen molar-refractivity contribution in [3.63, 3.8) is 0 Å². The summed E-state index contributed by atoms with van der Waals surface area (Å²) in [5.41, 5.74) is 3.51. The number of carboxylic acids is 1. The SMILES string of the molecule is Cc1cc([C@@H](C)Nc2ncccc2C(=O)O)c2nc(-c3ccccc3)cc(=O)n2c1. The van der Waals surface area contributed by atoms with Crippen molar-refractivity contribution >= 4 is 17.4 Å². The van der Waals surface area contributed by atoms with Crippen molar-refractivity contribution in [3.05, 3.63) is 94.0 Å². The largest absolute Gasteiger partial charge is 0.478 e. The molecule has 1 aromatic carbocycles. The van der Waals surface area contributed by atoms with Gasteiger partial charge in [0.05, 0.1) is 11.7 Å². The molecule has 2 N–H and O–H groups in total. The molecule has 0 unspecified atom stereocenters. The molecule has 0 bridgehead atoms. The molecule has 0 radical (unpaired) electrons. The van der Waals surface area contributed by atoms with Gasteiger partial charge in [-0.2, -0.15) is 0 Å². The molecule has 0 saturated heterocycles. The highest BCUT2D eigenvalue weighted by atomic mass is 16.4. The molecule has 150 valence electrons. The van der Waals surface area contributed by atoms with Crippen molar-refractivity contribution in [3.8, 4) is 11.3 Å². The number of aromatic carboxylic acids is 1. The lowest BCUT2D eigenvalue weighted by atomic mass is 10.1. The van der Waals surface area contributed by atoms with Gasteiger partial charge in [0.1, 0.15) is 17.0 Å². The zero-order valence-electron chi connectivity index (χ0n) is 16.5. The lowest BCUT2D eigenvalue weighted by Crippen LogP contribution is -2.19. The minimum atomic E-state index is -1.06. The molecule has 0 spiro atoms. The van der Waals surface area contributed by atoms with Gasteiger partial charge >= 0.3 is 5.97 Å². The van der Waals surface area contributed by atoms with Crippen molar-refractivity contribution in [1.82, 2.24) is 14.4 Å². The van der Waals surface area contributed by atoms with Crippen LogP contribution in [0, 0.1) is 6.92 Å². The van der Waals surface area contributed by atoms with Gasteiger partial charge in [-0.1, -0.05) is 30.3 Å². The van der Waals surface area contributed by atoms with Gasteiger partial charge in [-0.25, -0.2) is 14.8 Å². The van der Waals surface area contributed by atoms with E-state index in [0.29, 0.717) is 11.3 Å². The standard InChI is InChI=1S/C23H20N4O3/c1-14-11-18(15(2)25-21-17(23(29)30)9-6-10-24-21)22-26-19(12-20(28)27(22)13-14)16-7-4-3-5-8-16/h3-13,15H,1-2H3,(H,24,25)(H,29,30)/t15-/m1/s1.